The van der Waals surface area contributed by atoms with E-state index in [9.17, 15) is 9.90 Å². The molecule has 0 aliphatic heterocycles. The molecule has 1 rings (SSSR count). The molecule has 1 heterocycles. The van der Waals surface area contributed by atoms with Crippen LogP contribution in [0.3, 0.4) is 0 Å². The molecule has 0 saturated heterocycles. The third kappa shape index (κ3) is 4.61. The number of nitrogens with zero attached hydrogens (tertiary/aromatic N) is 2. The Labute approximate surface area is 120 Å². The van der Waals surface area contributed by atoms with Crippen molar-refractivity contribution in [3.05, 3.63) is 17.5 Å². The number of methoxy groups -OCH3 is 1. The van der Waals surface area contributed by atoms with Crippen molar-refractivity contribution in [3.63, 3.8) is 0 Å². The van der Waals surface area contributed by atoms with Crippen LogP contribution in [0.15, 0.2) is 6.07 Å². The predicted molar refractivity (Wildman–Crippen MR) is 76.7 cm³/mol. The topological polar surface area (TPSA) is 76.4 Å². The van der Waals surface area contributed by atoms with Gasteiger partial charge in [-0.25, -0.2) is 0 Å². The van der Waals surface area contributed by atoms with E-state index in [-0.39, 0.29) is 12.5 Å². The number of ether oxygens (including phenoxy) is 1. The fraction of sp³-hybridized carbons (Fsp3) is 0.714. The Balaban J connectivity index is 2.64. The van der Waals surface area contributed by atoms with Crippen molar-refractivity contribution in [2.75, 3.05) is 20.3 Å². The first kappa shape index (κ1) is 16.7. The summed E-state index contributed by atoms with van der Waals surface area (Å²) in [6.45, 7) is 6.91. The standard InChI is InChI=1S/C14H25N3O3/c1-5-11-9-12(17(6-2)16-11)13(18)15-10-14(3,19)7-8-20-4/h9,19H,5-8,10H2,1-4H3,(H,15,18). The first-order chi connectivity index (χ1) is 9.43. The lowest BCUT2D eigenvalue weighted by Crippen LogP contribution is -2.41. The van der Waals surface area contributed by atoms with E-state index < -0.39 is 5.60 Å². The highest BCUT2D eigenvalue weighted by Crippen LogP contribution is 2.09. The average Bonchev–Trinajstić information content (AvgIpc) is 2.86. The minimum atomic E-state index is -0.976. The van der Waals surface area contributed by atoms with Crippen LogP contribution in [0.1, 0.15) is 43.4 Å². The predicted octanol–water partition coefficient (Wildman–Crippen LogP) is 0.983. The number of carbonyl (C=O) groups is 1. The molecule has 1 amide bonds. The van der Waals surface area contributed by atoms with Crippen molar-refractivity contribution < 1.29 is 14.6 Å². The number of carbonyl (C=O) groups excluding carboxylic acids is 1. The molecule has 20 heavy (non-hydrogen) atoms. The Hall–Kier alpha value is -1.40. The molecule has 6 nitrogen and oxygen atoms in total. The fourth-order valence-corrected chi connectivity index (χ4v) is 1.84. The highest BCUT2D eigenvalue weighted by Gasteiger charge is 2.22. The van der Waals surface area contributed by atoms with Crippen molar-refractivity contribution in [2.24, 2.45) is 0 Å². The summed E-state index contributed by atoms with van der Waals surface area (Å²) in [6.07, 6.45) is 1.26. The first-order valence-corrected chi connectivity index (χ1v) is 6.99. The average molecular weight is 283 g/mol. The Morgan fingerprint density at radius 1 is 1.55 bits per heavy atom. The summed E-state index contributed by atoms with van der Waals surface area (Å²) >= 11 is 0. The van der Waals surface area contributed by atoms with Gasteiger partial charge in [-0.3, -0.25) is 9.48 Å². The number of aryl methyl sites for hydroxylation is 2. The number of nitrogens with one attached hydrogen (secondary N) is 1. The van der Waals surface area contributed by atoms with Gasteiger partial charge in [-0.15, -0.1) is 0 Å². The van der Waals surface area contributed by atoms with Gasteiger partial charge in [0.05, 0.1) is 11.3 Å². The van der Waals surface area contributed by atoms with E-state index in [1.165, 1.54) is 0 Å². The molecule has 2 N–H and O–H groups in total. The highest BCUT2D eigenvalue weighted by atomic mass is 16.5. The Bertz CT molecular complexity index is 441. The molecule has 0 fully saturated rings. The van der Waals surface area contributed by atoms with Crippen LogP contribution in [-0.4, -0.2) is 46.7 Å². The first-order valence-electron chi connectivity index (χ1n) is 6.99. The van der Waals surface area contributed by atoms with Crippen LogP contribution in [0.25, 0.3) is 0 Å². The molecule has 0 aromatic carbocycles. The molecule has 0 bridgehead atoms. The van der Waals surface area contributed by atoms with Gasteiger partial charge < -0.3 is 15.2 Å². The van der Waals surface area contributed by atoms with Crippen LogP contribution in [0, 0.1) is 0 Å². The summed E-state index contributed by atoms with van der Waals surface area (Å²) in [6, 6.07) is 1.79. The van der Waals surface area contributed by atoms with Gasteiger partial charge in [0.25, 0.3) is 5.91 Å². The lowest BCUT2D eigenvalue weighted by Gasteiger charge is -2.23. The second kappa shape index (κ2) is 7.40. The van der Waals surface area contributed by atoms with Crippen molar-refractivity contribution in [1.82, 2.24) is 15.1 Å². The van der Waals surface area contributed by atoms with E-state index in [0.29, 0.717) is 25.3 Å². The zero-order valence-corrected chi connectivity index (χ0v) is 12.8. The van der Waals surface area contributed by atoms with E-state index >= 15 is 0 Å². The lowest BCUT2D eigenvalue weighted by atomic mass is 10.0. The number of amides is 1. The van der Waals surface area contributed by atoms with Gasteiger partial charge >= 0.3 is 0 Å². The molecular formula is C14H25N3O3. The normalized spacial score (nSPS) is 14.1. The largest absolute Gasteiger partial charge is 0.388 e. The summed E-state index contributed by atoms with van der Waals surface area (Å²) < 4.78 is 6.62. The number of hydrogen-bond donors (Lipinski definition) is 2. The van der Waals surface area contributed by atoms with Gasteiger partial charge in [0, 0.05) is 33.2 Å². The highest BCUT2D eigenvalue weighted by molar-refractivity contribution is 5.92. The second-order valence-corrected chi connectivity index (χ2v) is 5.11. The van der Waals surface area contributed by atoms with Gasteiger partial charge in [0.2, 0.25) is 0 Å². The Kier molecular flexibility index (Phi) is 6.16. The van der Waals surface area contributed by atoms with Gasteiger partial charge in [-0.2, -0.15) is 5.10 Å². The molecule has 1 aromatic heterocycles. The van der Waals surface area contributed by atoms with Crippen LogP contribution in [0.4, 0.5) is 0 Å². The Morgan fingerprint density at radius 2 is 2.25 bits per heavy atom. The monoisotopic (exact) mass is 283 g/mol. The molecule has 1 aromatic rings. The summed E-state index contributed by atoms with van der Waals surface area (Å²) in [5.74, 6) is -0.211. The fourth-order valence-electron chi connectivity index (χ4n) is 1.84. The molecule has 6 heteroatoms. The molecule has 1 unspecified atom stereocenters. The molecule has 0 aliphatic rings. The quantitative estimate of drug-likeness (QED) is 0.746. The van der Waals surface area contributed by atoms with Crippen molar-refractivity contribution >= 4 is 5.91 Å². The molecule has 0 spiro atoms. The van der Waals surface area contributed by atoms with Crippen molar-refractivity contribution in [3.8, 4) is 0 Å². The van der Waals surface area contributed by atoms with E-state index in [2.05, 4.69) is 10.4 Å². The van der Waals surface area contributed by atoms with E-state index in [4.69, 9.17) is 4.74 Å². The van der Waals surface area contributed by atoms with Crippen LogP contribution >= 0.6 is 0 Å². The smallest absolute Gasteiger partial charge is 0.269 e. The van der Waals surface area contributed by atoms with Crippen molar-refractivity contribution in [2.45, 2.75) is 45.8 Å². The van der Waals surface area contributed by atoms with Crippen LogP contribution in [-0.2, 0) is 17.7 Å². The van der Waals surface area contributed by atoms with Gasteiger partial charge in [-0.05, 0) is 26.3 Å². The number of hydrogen-bond acceptors (Lipinski definition) is 4. The maximum absolute atomic E-state index is 12.2. The van der Waals surface area contributed by atoms with Crippen LogP contribution in [0.2, 0.25) is 0 Å². The maximum atomic E-state index is 12.2. The van der Waals surface area contributed by atoms with Crippen LogP contribution < -0.4 is 5.32 Å². The third-order valence-electron chi connectivity index (χ3n) is 3.20. The summed E-state index contributed by atoms with van der Waals surface area (Å²) in [7, 11) is 1.58. The van der Waals surface area contributed by atoms with E-state index in [1.807, 2.05) is 13.8 Å². The minimum absolute atomic E-state index is 0.186. The van der Waals surface area contributed by atoms with Crippen LogP contribution in [0.5, 0.6) is 0 Å². The summed E-state index contributed by atoms with van der Waals surface area (Å²) in [5, 5.41) is 17.2. The zero-order valence-electron chi connectivity index (χ0n) is 12.8. The van der Waals surface area contributed by atoms with Crippen molar-refractivity contribution in [1.29, 1.82) is 0 Å². The molecule has 0 radical (unpaired) electrons. The summed E-state index contributed by atoms with van der Waals surface area (Å²) in [5.41, 5.74) is 0.450. The molecule has 0 saturated carbocycles. The molecule has 0 aliphatic carbocycles. The molecule has 114 valence electrons. The van der Waals surface area contributed by atoms with Gasteiger partial charge in [-0.1, -0.05) is 6.92 Å². The molecular weight excluding hydrogens is 258 g/mol. The molecule has 1 atom stereocenters. The SMILES string of the molecule is CCc1cc(C(=O)NCC(C)(O)CCOC)n(CC)n1. The van der Waals surface area contributed by atoms with Gasteiger partial charge in [0.15, 0.2) is 0 Å². The number of aliphatic hydroxyl groups is 1. The maximum Gasteiger partial charge on any atom is 0.269 e. The second-order valence-electron chi connectivity index (χ2n) is 5.11. The van der Waals surface area contributed by atoms with Gasteiger partial charge in [0.1, 0.15) is 5.69 Å². The van der Waals surface area contributed by atoms with E-state index in [1.54, 1.807) is 24.8 Å². The summed E-state index contributed by atoms with van der Waals surface area (Å²) in [4.78, 5) is 12.2. The third-order valence-corrected chi connectivity index (χ3v) is 3.20. The minimum Gasteiger partial charge on any atom is -0.388 e. The Morgan fingerprint density at radius 3 is 2.80 bits per heavy atom. The number of rotatable bonds is 8. The zero-order chi connectivity index (χ0) is 15.2. The lowest BCUT2D eigenvalue weighted by molar-refractivity contribution is 0.0242. The van der Waals surface area contributed by atoms with E-state index in [0.717, 1.165) is 12.1 Å². The number of aromatic nitrogens is 2.